The number of para-hydroxylation sites is 1. The number of hydrogen-bond acceptors (Lipinski definition) is 4. The van der Waals surface area contributed by atoms with E-state index in [1.807, 2.05) is 18.2 Å². The molecule has 0 radical (unpaired) electrons. The first-order valence-electron chi connectivity index (χ1n) is 18.4. The highest BCUT2D eigenvalue weighted by molar-refractivity contribution is 6.19. The minimum atomic E-state index is -0.168. The van der Waals surface area contributed by atoms with Gasteiger partial charge >= 0.3 is 0 Å². The smallest absolute Gasteiger partial charge is 0.178 e. The third kappa shape index (κ3) is 4.77. The molecule has 9 aromatic rings. The van der Waals surface area contributed by atoms with Gasteiger partial charge < -0.3 is 13.8 Å². The van der Waals surface area contributed by atoms with Gasteiger partial charge in [0, 0.05) is 54.7 Å². The molecule has 5 nitrogen and oxygen atoms in total. The summed E-state index contributed by atoms with van der Waals surface area (Å²) in [6, 6.07) is 38.3. The number of nitrogens with zero attached hydrogens (tertiary/aromatic N) is 2. The van der Waals surface area contributed by atoms with Crippen LogP contribution in [0.2, 0.25) is 0 Å². The molecule has 0 spiro atoms. The van der Waals surface area contributed by atoms with Crippen molar-refractivity contribution in [2.24, 2.45) is 5.92 Å². The summed E-state index contributed by atoms with van der Waals surface area (Å²) >= 11 is 0. The van der Waals surface area contributed by atoms with E-state index in [-0.39, 0.29) is 5.41 Å². The van der Waals surface area contributed by atoms with Gasteiger partial charge in [0.2, 0.25) is 0 Å². The molecular formula is C48H35N3O2. The van der Waals surface area contributed by atoms with Gasteiger partial charge in [-0.25, -0.2) is 9.97 Å². The molecule has 2 atom stereocenters. The molecule has 0 saturated carbocycles. The molecule has 5 aromatic carbocycles. The van der Waals surface area contributed by atoms with E-state index >= 15 is 0 Å². The summed E-state index contributed by atoms with van der Waals surface area (Å²) in [4.78, 5) is 13.8. The normalized spacial score (nSPS) is 18.5. The van der Waals surface area contributed by atoms with Crippen LogP contribution in [0.1, 0.15) is 42.8 Å². The van der Waals surface area contributed by atoms with Crippen molar-refractivity contribution in [3.63, 3.8) is 0 Å². The van der Waals surface area contributed by atoms with Crippen molar-refractivity contribution in [1.82, 2.24) is 15.0 Å². The van der Waals surface area contributed by atoms with E-state index in [0.29, 0.717) is 11.7 Å². The highest BCUT2D eigenvalue weighted by Crippen LogP contribution is 2.43. The number of allylic oxidation sites excluding steroid dienone is 5. The molecule has 4 aromatic heterocycles. The van der Waals surface area contributed by atoms with Gasteiger partial charge in [-0.05, 0) is 84.0 Å². The number of H-pyrrole nitrogens is 1. The van der Waals surface area contributed by atoms with E-state index in [9.17, 15) is 0 Å². The number of fused-ring (bicyclic) bond motifs is 10. The Kier molecular flexibility index (Phi) is 6.42. The van der Waals surface area contributed by atoms with Crippen LogP contribution in [-0.2, 0) is 11.8 Å². The first-order chi connectivity index (χ1) is 26.0. The number of benzene rings is 5. The average Bonchev–Trinajstić information content (AvgIpc) is 3.89. The summed E-state index contributed by atoms with van der Waals surface area (Å²) in [5.74, 6) is 1.19. The summed E-state index contributed by atoms with van der Waals surface area (Å²) in [7, 11) is 0. The third-order valence-electron chi connectivity index (χ3n) is 11.4. The summed E-state index contributed by atoms with van der Waals surface area (Å²) in [6.07, 6.45) is 13.2. The van der Waals surface area contributed by atoms with Crippen molar-refractivity contribution in [2.45, 2.75) is 32.1 Å². The second kappa shape index (κ2) is 11.3. The molecule has 2 unspecified atom stereocenters. The van der Waals surface area contributed by atoms with Crippen LogP contribution >= 0.6 is 0 Å². The SMILES string of the molecule is CC1C=CC(c2cc(-c3ccccc3)nc(-c3ccc4c(c3)oc3c4ccc4c5ccc(C6(C)C=Cc7[nH]c8ccccc8c7C6)cc5oc43)n2)=CC1. The molecule has 0 saturated heterocycles. The van der Waals surface area contributed by atoms with Crippen LogP contribution in [-0.4, -0.2) is 15.0 Å². The maximum absolute atomic E-state index is 6.71. The largest absolute Gasteiger partial charge is 0.452 e. The van der Waals surface area contributed by atoms with Gasteiger partial charge in [-0.1, -0.05) is 105 Å². The predicted octanol–water partition coefficient (Wildman–Crippen LogP) is 12.6. The Balaban J connectivity index is 1.00. The second-order valence-electron chi connectivity index (χ2n) is 15.0. The molecule has 0 amide bonds. The second-order valence-corrected chi connectivity index (χ2v) is 15.0. The fourth-order valence-corrected chi connectivity index (χ4v) is 8.41. The standard InChI is InChI=1S/C48H35N3O2/c1-28-12-14-30(15-13-28)42-26-41(29-8-4-3-5-9-29)50-47(51-42)31-16-18-34-36-20-21-37-35-19-17-32(25-44(35)53-46(37)45(36)52-43(34)24-31)48(2)23-22-40-38(27-48)33-10-6-7-11-39(33)49-40/h3-12,14-26,28,49H,13,27H2,1-2H3. The molecular weight excluding hydrogens is 651 g/mol. The zero-order valence-corrected chi connectivity index (χ0v) is 29.5. The maximum Gasteiger partial charge on any atom is 0.178 e. The summed E-state index contributed by atoms with van der Waals surface area (Å²) in [5, 5.41) is 5.49. The number of aromatic amines is 1. The van der Waals surface area contributed by atoms with E-state index in [0.717, 1.165) is 84.8 Å². The molecule has 1 N–H and O–H groups in total. The Labute approximate surface area is 306 Å². The molecule has 2 aliphatic rings. The lowest BCUT2D eigenvalue weighted by Gasteiger charge is -2.30. The molecule has 2 aliphatic carbocycles. The summed E-state index contributed by atoms with van der Waals surface area (Å²) < 4.78 is 13.4. The Morgan fingerprint density at radius 1 is 0.679 bits per heavy atom. The van der Waals surface area contributed by atoms with Crippen molar-refractivity contribution in [3.8, 4) is 22.6 Å². The topological polar surface area (TPSA) is 67.8 Å². The summed E-state index contributed by atoms with van der Waals surface area (Å²) in [6.45, 7) is 4.55. The maximum atomic E-state index is 6.71. The van der Waals surface area contributed by atoms with Gasteiger partial charge in [0.05, 0.1) is 11.4 Å². The highest BCUT2D eigenvalue weighted by atomic mass is 16.4. The van der Waals surface area contributed by atoms with E-state index in [1.165, 1.54) is 27.7 Å². The van der Waals surface area contributed by atoms with Crippen LogP contribution in [0.15, 0.2) is 142 Å². The minimum Gasteiger partial charge on any atom is -0.452 e. The Morgan fingerprint density at radius 2 is 1.40 bits per heavy atom. The van der Waals surface area contributed by atoms with Crippen LogP contribution < -0.4 is 0 Å². The van der Waals surface area contributed by atoms with E-state index < -0.39 is 0 Å². The molecule has 0 fully saturated rings. The first kappa shape index (κ1) is 30.2. The minimum absolute atomic E-state index is 0.168. The number of nitrogens with one attached hydrogen (secondary N) is 1. The number of rotatable bonds is 4. The van der Waals surface area contributed by atoms with Gasteiger partial charge in [0.25, 0.3) is 0 Å². The number of hydrogen-bond donors (Lipinski definition) is 1. The quantitative estimate of drug-likeness (QED) is 0.200. The van der Waals surface area contributed by atoms with E-state index in [2.05, 4.69) is 140 Å². The predicted molar refractivity (Wildman–Crippen MR) is 217 cm³/mol. The Hall–Kier alpha value is -6.46. The Morgan fingerprint density at radius 3 is 2.19 bits per heavy atom. The van der Waals surface area contributed by atoms with Crippen molar-refractivity contribution in [1.29, 1.82) is 0 Å². The Bertz CT molecular complexity index is 3040. The van der Waals surface area contributed by atoms with Gasteiger partial charge in [-0.3, -0.25) is 0 Å². The van der Waals surface area contributed by atoms with Crippen LogP contribution in [0.3, 0.4) is 0 Å². The zero-order valence-electron chi connectivity index (χ0n) is 29.5. The molecule has 254 valence electrons. The fraction of sp³-hybridized carbons (Fsp3) is 0.125. The monoisotopic (exact) mass is 685 g/mol. The van der Waals surface area contributed by atoms with Crippen molar-refractivity contribution < 1.29 is 8.83 Å². The molecule has 0 bridgehead atoms. The van der Waals surface area contributed by atoms with E-state index in [4.69, 9.17) is 18.8 Å². The number of aromatic nitrogens is 3. The molecule has 11 rings (SSSR count). The molecule has 53 heavy (non-hydrogen) atoms. The van der Waals surface area contributed by atoms with Gasteiger partial charge in [-0.15, -0.1) is 0 Å². The summed E-state index contributed by atoms with van der Waals surface area (Å²) in [5.41, 5.74) is 12.9. The van der Waals surface area contributed by atoms with Gasteiger partial charge in [-0.2, -0.15) is 0 Å². The third-order valence-corrected chi connectivity index (χ3v) is 11.4. The molecule has 5 heteroatoms. The van der Waals surface area contributed by atoms with Crippen molar-refractivity contribution in [3.05, 3.63) is 156 Å². The lowest BCUT2D eigenvalue weighted by atomic mass is 9.74. The highest BCUT2D eigenvalue weighted by Gasteiger charge is 2.31. The van der Waals surface area contributed by atoms with Gasteiger partial charge in [0.15, 0.2) is 17.0 Å². The lowest BCUT2D eigenvalue weighted by Crippen LogP contribution is -2.24. The lowest BCUT2D eigenvalue weighted by molar-refractivity contribution is 0.586. The average molecular weight is 686 g/mol. The number of furan rings is 2. The zero-order chi connectivity index (χ0) is 35.3. The molecule has 4 heterocycles. The van der Waals surface area contributed by atoms with Crippen molar-refractivity contribution >= 4 is 66.4 Å². The first-order valence-corrected chi connectivity index (χ1v) is 18.4. The van der Waals surface area contributed by atoms with E-state index in [1.54, 1.807) is 0 Å². The fourth-order valence-electron chi connectivity index (χ4n) is 8.41. The van der Waals surface area contributed by atoms with Crippen LogP contribution in [0.25, 0.3) is 89.1 Å². The molecule has 0 aliphatic heterocycles. The van der Waals surface area contributed by atoms with Gasteiger partial charge in [0.1, 0.15) is 11.2 Å². The van der Waals surface area contributed by atoms with Crippen molar-refractivity contribution in [2.75, 3.05) is 0 Å². The van der Waals surface area contributed by atoms with Crippen LogP contribution in [0, 0.1) is 5.92 Å². The van der Waals surface area contributed by atoms with Crippen LogP contribution in [0.4, 0.5) is 0 Å². The van der Waals surface area contributed by atoms with Crippen LogP contribution in [0.5, 0.6) is 0 Å².